The van der Waals surface area contributed by atoms with Gasteiger partial charge in [0.1, 0.15) is 12.4 Å². The number of hydrogen-bond donors (Lipinski definition) is 1. The van der Waals surface area contributed by atoms with E-state index in [1.54, 1.807) is 7.11 Å². The molecule has 0 spiro atoms. The van der Waals surface area contributed by atoms with E-state index in [0.717, 1.165) is 23.3 Å². The predicted molar refractivity (Wildman–Crippen MR) is 72.5 cm³/mol. The summed E-state index contributed by atoms with van der Waals surface area (Å²) in [7, 11) is 1.66. The SMILES string of the molecule is COCc1nc(C)cc(NC(C)CCC2CC2)n1. The second kappa shape index (κ2) is 6.14. The van der Waals surface area contributed by atoms with Crippen LogP contribution in [0.1, 0.15) is 44.1 Å². The highest BCUT2D eigenvalue weighted by atomic mass is 16.5. The standard InChI is InChI=1S/C14H23N3O/c1-10(4-5-12-6-7-12)15-13-8-11(2)16-14(17-13)9-18-3/h8,10,12H,4-7,9H2,1-3H3,(H,15,16,17). The summed E-state index contributed by atoms with van der Waals surface area (Å²) >= 11 is 0. The molecule has 1 saturated carbocycles. The van der Waals surface area contributed by atoms with Crippen LogP contribution < -0.4 is 5.32 Å². The maximum absolute atomic E-state index is 5.08. The van der Waals surface area contributed by atoms with E-state index in [4.69, 9.17) is 4.74 Å². The van der Waals surface area contributed by atoms with Gasteiger partial charge in [-0.1, -0.05) is 12.8 Å². The van der Waals surface area contributed by atoms with Crippen LogP contribution in [-0.4, -0.2) is 23.1 Å². The van der Waals surface area contributed by atoms with Gasteiger partial charge in [-0.3, -0.25) is 0 Å². The lowest BCUT2D eigenvalue weighted by atomic mass is 10.1. The van der Waals surface area contributed by atoms with Crippen molar-refractivity contribution in [2.75, 3.05) is 12.4 Å². The highest BCUT2D eigenvalue weighted by Gasteiger charge is 2.21. The third kappa shape index (κ3) is 4.26. The van der Waals surface area contributed by atoms with Crippen LogP contribution in [0.5, 0.6) is 0 Å². The number of rotatable bonds is 7. The second-order valence-corrected chi connectivity index (χ2v) is 5.31. The molecular formula is C14H23N3O. The molecule has 1 atom stereocenters. The Morgan fingerprint density at radius 1 is 1.44 bits per heavy atom. The van der Waals surface area contributed by atoms with E-state index in [0.29, 0.717) is 12.6 Å². The molecule has 0 saturated heterocycles. The Kier molecular flexibility index (Phi) is 4.53. The Balaban J connectivity index is 1.89. The Morgan fingerprint density at radius 3 is 2.89 bits per heavy atom. The minimum absolute atomic E-state index is 0.465. The number of nitrogens with zero attached hydrogens (tertiary/aromatic N) is 2. The van der Waals surface area contributed by atoms with E-state index in [-0.39, 0.29) is 0 Å². The van der Waals surface area contributed by atoms with Gasteiger partial charge in [0.15, 0.2) is 5.82 Å². The minimum atomic E-state index is 0.465. The molecule has 18 heavy (non-hydrogen) atoms. The fourth-order valence-electron chi connectivity index (χ4n) is 2.11. The molecule has 1 aliphatic carbocycles. The average molecular weight is 249 g/mol. The van der Waals surface area contributed by atoms with E-state index < -0.39 is 0 Å². The molecule has 0 radical (unpaired) electrons. The van der Waals surface area contributed by atoms with Crippen molar-refractivity contribution in [2.45, 2.75) is 52.2 Å². The van der Waals surface area contributed by atoms with E-state index in [1.165, 1.54) is 25.7 Å². The van der Waals surface area contributed by atoms with E-state index >= 15 is 0 Å². The monoisotopic (exact) mass is 249 g/mol. The Morgan fingerprint density at radius 2 is 2.22 bits per heavy atom. The van der Waals surface area contributed by atoms with E-state index in [2.05, 4.69) is 22.2 Å². The summed E-state index contributed by atoms with van der Waals surface area (Å²) in [5.41, 5.74) is 0.981. The van der Waals surface area contributed by atoms with Gasteiger partial charge >= 0.3 is 0 Å². The summed E-state index contributed by atoms with van der Waals surface area (Å²) in [5, 5.41) is 3.46. The zero-order valence-corrected chi connectivity index (χ0v) is 11.6. The van der Waals surface area contributed by atoms with Crippen LogP contribution in [0.2, 0.25) is 0 Å². The number of aromatic nitrogens is 2. The van der Waals surface area contributed by atoms with Crippen LogP contribution in [0.25, 0.3) is 0 Å². The van der Waals surface area contributed by atoms with Crippen LogP contribution >= 0.6 is 0 Å². The maximum Gasteiger partial charge on any atom is 0.156 e. The van der Waals surface area contributed by atoms with Gasteiger partial charge in [-0.15, -0.1) is 0 Å². The summed E-state index contributed by atoms with van der Waals surface area (Å²) in [6.07, 6.45) is 5.41. The second-order valence-electron chi connectivity index (χ2n) is 5.31. The number of hydrogen-bond acceptors (Lipinski definition) is 4. The average Bonchev–Trinajstić information content (AvgIpc) is 3.09. The first-order valence-corrected chi connectivity index (χ1v) is 6.77. The summed E-state index contributed by atoms with van der Waals surface area (Å²) in [5.74, 6) is 2.65. The molecule has 100 valence electrons. The molecule has 1 unspecified atom stereocenters. The lowest BCUT2D eigenvalue weighted by Gasteiger charge is -2.15. The molecule has 1 N–H and O–H groups in total. The lowest BCUT2D eigenvalue weighted by Crippen LogP contribution is -2.17. The van der Waals surface area contributed by atoms with Gasteiger partial charge in [0.25, 0.3) is 0 Å². The van der Waals surface area contributed by atoms with E-state index in [9.17, 15) is 0 Å². The molecule has 1 heterocycles. The third-order valence-electron chi connectivity index (χ3n) is 3.27. The smallest absolute Gasteiger partial charge is 0.156 e. The first-order valence-electron chi connectivity index (χ1n) is 6.77. The van der Waals surface area contributed by atoms with Crippen molar-refractivity contribution >= 4 is 5.82 Å². The summed E-state index contributed by atoms with van der Waals surface area (Å²) in [6.45, 7) is 4.67. The molecule has 0 amide bonds. The van der Waals surface area contributed by atoms with Gasteiger partial charge in [0.2, 0.25) is 0 Å². The number of ether oxygens (including phenoxy) is 1. The van der Waals surface area contributed by atoms with Crippen molar-refractivity contribution in [3.8, 4) is 0 Å². The molecule has 1 aromatic rings. The molecule has 4 nitrogen and oxygen atoms in total. The molecule has 0 aromatic carbocycles. The zero-order valence-electron chi connectivity index (χ0n) is 11.6. The number of aryl methyl sites for hydroxylation is 1. The molecule has 0 aliphatic heterocycles. The Bertz CT molecular complexity index is 391. The molecule has 1 aromatic heterocycles. The van der Waals surface area contributed by atoms with Gasteiger partial charge in [0.05, 0.1) is 0 Å². The molecule has 0 bridgehead atoms. The van der Waals surface area contributed by atoms with Gasteiger partial charge in [-0.05, 0) is 32.6 Å². The predicted octanol–water partition coefficient (Wildman–Crippen LogP) is 2.92. The van der Waals surface area contributed by atoms with Gasteiger partial charge < -0.3 is 10.1 Å². The van der Waals surface area contributed by atoms with Crippen LogP contribution in [0, 0.1) is 12.8 Å². The minimum Gasteiger partial charge on any atom is -0.377 e. The lowest BCUT2D eigenvalue weighted by molar-refractivity contribution is 0.177. The van der Waals surface area contributed by atoms with Crippen molar-refractivity contribution in [1.29, 1.82) is 0 Å². The quantitative estimate of drug-likeness (QED) is 0.807. The topological polar surface area (TPSA) is 47.0 Å². The highest BCUT2D eigenvalue weighted by Crippen LogP contribution is 2.34. The normalized spacial score (nSPS) is 16.6. The van der Waals surface area contributed by atoms with Gasteiger partial charge in [-0.25, -0.2) is 9.97 Å². The number of nitrogens with one attached hydrogen (secondary N) is 1. The van der Waals surface area contributed by atoms with Gasteiger partial charge in [-0.2, -0.15) is 0 Å². The fraction of sp³-hybridized carbons (Fsp3) is 0.714. The van der Waals surface area contributed by atoms with Crippen molar-refractivity contribution < 1.29 is 4.74 Å². The van der Waals surface area contributed by atoms with Crippen molar-refractivity contribution in [2.24, 2.45) is 5.92 Å². The van der Waals surface area contributed by atoms with Crippen molar-refractivity contribution in [1.82, 2.24) is 9.97 Å². The fourth-order valence-corrected chi connectivity index (χ4v) is 2.11. The third-order valence-corrected chi connectivity index (χ3v) is 3.27. The summed E-state index contributed by atoms with van der Waals surface area (Å²) < 4.78 is 5.08. The van der Waals surface area contributed by atoms with Crippen LogP contribution in [0.3, 0.4) is 0 Å². The molecule has 1 aliphatic rings. The maximum atomic E-state index is 5.08. The van der Waals surface area contributed by atoms with Gasteiger partial charge in [0, 0.05) is 24.9 Å². The van der Waals surface area contributed by atoms with Crippen LogP contribution in [-0.2, 0) is 11.3 Å². The molecule has 1 fully saturated rings. The summed E-state index contributed by atoms with van der Waals surface area (Å²) in [4.78, 5) is 8.80. The Labute approximate surface area is 109 Å². The van der Waals surface area contributed by atoms with Crippen LogP contribution in [0.15, 0.2) is 6.07 Å². The number of anilines is 1. The zero-order chi connectivity index (χ0) is 13.0. The van der Waals surface area contributed by atoms with Crippen molar-refractivity contribution in [3.63, 3.8) is 0 Å². The first kappa shape index (κ1) is 13.3. The molecular weight excluding hydrogens is 226 g/mol. The Hall–Kier alpha value is -1.16. The summed E-state index contributed by atoms with van der Waals surface area (Å²) in [6, 6.07) is 2.46. The van der Waals surface area contributed by atoms with Crippen LogP contribution in [0.4, 0.5) is 5.82 Å². The van der Waals surface area contributed by atoms with Crippen molar-refractivity contribution in [3.05, 3.63) is 17.6 Å². The highest BCUT2D eigenvalue weighted by molar-refractivity contribution is 5.36. The molecule has 4 heteroatoms. The number of methoxy groups -OCH3 is 1. The van der Waals surface area contributed by atoms with E-state index in [1.807, 2.05) is 13.0 Å². The largest absolute Gasteiger partial charge is 0.377 e. The first-order chi connectivity index (χ1) is 8.67. The molecule has 2 rings (SSSR count).